The van der Waals surface area contributed by atoms with Crippen molar-refractivity contribution < 1.29 is 4.74 Å². The number of ether oxygens (including phenoxy) is 1. The molecule has 2 aromatic heterocycles. The van der Waals surface area contributed by atoms with Crippen molar-refractivity contribution in [2.45, 2.75) is 43.9 Å². The maximum Gasteiger partial charge on any atom is 0.231 e. The number of rotatable bonds is 10. The zero-order valence-electron chi connectivity index (χ0n) is 26.7. The number of aryl methyl sites for hydroxylation is 1. The summed E-state index contributed by atoms with van der Waals surface area (Å²) in [5.41, 5.74) is 6.51. The molecule has 0 atom stereocenters. The third-order valence-electron chi connectivity index (χ3n) is 8.63. The molecule has 1 aliphatic carbocycles. The molecule has 2 N–H and O–H groups in total. The van der Waals surface area contributed by atoms with Gasteiger partial charge >= 0.3 is 0 Å². The van der Waals surface area contributed by atoms with Crippen LogP contribution in [-0.2, 0) is 0 Å². The van der Waals surface area contributed by atoms with Gasteiger partial charge in [-0.05, 0) is 98.3 Å². The Labute approximate surface area is 278 Å². The van der Waals surface area contributed by atoms with Crippen LogP contribution in [0.5, 0.6) is 5.75 Å². The molecule has 1 aliphatic heterocycles. The molecule has 2 aromatic carbocycles. The lowest BCUT2D eigenvalue weighted by atomic mass is 10.0. The molecule has 6 rings (SSSR count). The average molecular weight is 694 g/mol. The van der Waals surface area contributed by atoms with E-state index in [2.05, 4.69) is 85.2 Å². The summed E-state index contributed by atoms with van der Waals surface area (Å²) in [7, 11) is 10.0. The fourth-order valence-corrected chi connectivity index (χ4v) is 7.38. The summed E-state index contributed by atoms with van der Waals surface area (Å²) in [5.74, 6) is 8.67. The third-order valence-corrected chi connectivity index (χ3v) is 10.5. The van der Waals surface area contributed by atoms with Gasteiger partial charge in [-0.3, -0.25) is 15.0 Å². The van der Waals surface area contributed by atoms with Crippen molar-refractivity contribution in [1.82, 2.24) is 24.8 Å². The molecule has 4 aromatic rings. The molecule has 0 amide bonds. The lowest BCUT2D eigenvalue weighted by Crippen LogP contribution is -2.42. The minimum Gasteiger partial charge on any atom is -0.494 e. The number of hydrogen-bond donors (Lipinski definition) is 1. The first-order chi connectivity index (χ1) is 21.7. The molecular formula is C32H41BrN10OS. The van der Waals surface area contributed by atoms with E-state index in [-0.39, 0.29) is 0 Å². The summed E-state index contributed by atoms with van der Waals surface area (Å²) in [5, 5.41) is 2.20. The molecule has 0 unspecified atom stereocenters. The van der Waals surface area contributed by atoms with E-state index in [0.717, 1.165) is 59.8 Å². The van der Waals surface area contributed by atoms with E-state index in [1.54, 1.807) is 42.7 Å². The highest BCUT2D eigenvalue weighted by molar-refractivity contribution is 9.10. The molecule has 0 spiro atoms. The van der Waals surface area contributed by atoms with Crippen molar-refractivity contribution >= 4 is 73.4 Å². The Kier molecular flexibility index (Phi) is 9.23. The van der Waals surface area contributed by atoms with Crippen molar-refractivity contribution in [3.05, 3.63) is 52.9 Å². The maximum absolute atomic E-state index is 6.89. The molecule has 11 nitrogen and oxygen atoms in total. The number of hydrazine groups is 1. The zero-order chi connectivity index (χ0) is 31.8. The van der Waals surface area contributed by atoms with E-state index in [4.69, 9.17) is 15.6 Å². The normalized spacial score (nSPS) is 15.5. The lowest BCUT2D eigenvalue weighted by molar-refractivity contribution is 0.249. The lowest BCUT2D eigenvalue weighted by Gasteiger charge is -2.37. The number of methoxy groups -OCH3 is 1. The SMILES string of the molecule is COc1cc(N2CCC(N(C)C)CC2)c(C)cc1N(C)c1ncc(Br)c(N(N)c2ccc3nccnc3c2N(C)SC2CC2)n1. The standard InChI is InChI=1S/C32H41BrN10OS/c1-20-17-27(28(44-6)18-26(20)42-15-11-21(12-16-42)39(2)3)40(4)32-37-19-23(33)31(38-32)43(34)25-10-9-24-29(36-14-13-35-24)30(25)41(5)45-22-7-8-22/h9-10,13-14,17-19,21-22H,7-8,11-12,15-16,34H2,1-6H3. The largest absolute Gasteiger partial charge is 0.494 e. The number of benzene rings is 2. The van der Waals surface area contributed by atoms with Crippen LogP contribution in [0.3, 0.4) is 0 Å². The highest BCUT2D eigenvalue weighted by Crippen LogP contribution is 2.45. The van der Waals surface area contributed by atoms with Crippen LogP contribution in [0.1, 0.15) is 31.2 Å². The van der Waals surface area contributed by atoms with Gasteiger partial charge in [0, 0.05) is 68.8 Å². The van der Waals surface area contributed by atoms with E-state index in [1.807, 2.05) is 24.1 Å². The van der Waals surface area contributed by atoms with Crippen LogP contribution in [-0.4, -0.2) is 84.5 Å². The Balaban J connectivity index is 1.32. The fourth-order valence-electron chi connectivity index (χ4n) is 5.92. The average Bonchev–Trinajstić information content (AvgIpc) is 3.87. The van der Waals surface area contributed by atoms with Gasteiger partial charge in [0.25, 0.3) is 0 Å². The molecule has 13 heteroatoms. The van der Waals surface area contributed by atoms with Crippen LogP contribution in [0.25, 0.3) is 11.0 Å². The van der Waals surface area contributed by atoms with Crippen LogP contribution in [0.2, 0.25) is 0 Å². The van der Waals surface area contributed by atoms with Crippen LogP contribution in [0.15, 0.2) is 47.3 Å². The molecular weight excluding hydrogens is 652 g/mol. The summed E-state index contributed by atoms with van der Waals surface area (Å²) in [6.07, 6.45) is 9.85. The number of piperidine rings is 1. The smallest absolute Gasteiger partial charge is 0.231 e. The van der Waals surface area contributed by atoms with Crippen LogP contribution in [0.4, 0.5) is 34.5 Å². The second-order valence-corrected chi connectivity index (χ2v) is 14.2. The highest BCUT2D eigenvalue weighted by atomic mass is 79.9. The van der Waals surface area contributed by atoms with E-state index in [0.29, 0.717) is 27.5 Å². The molecule has 3 heterocycles. The van der Waals surface area contributed by atoms with Crippen LogP contribution in [0, 0.1) is 6.92 Å². The second kappa shape index (κ2) is 13.1. The summed E-state index contributed by atoms with van der Waals surface area (Å²) in [6.45, 7) is 4.19. The van der Waals surface area contributed by atoms with Gasteiger partial charge in [-0.25, -0.2) is 10.8 Å². The monoisotopic (exact) mass is 692 g/mol. The molecule has 1 saturated heterocycles. The minimum absolute atomic E-state index is 0.490. The number of nitrogens with zero attached hydrogens (tertiary/aromatic N) is 9. The predicted molar refractivity (Wildman–Crippen MR) is 189 cm³/mol. The van der Waals surface area contributed by atoms with Crippen molar-refractivity contribution in [2.24, 2.45) is 5.84 Å². The molecule has 2 aliphatic rings. The first-order valence-electron chi connectivity index (χ1n) is 15.2. The number of anilines is 6. The van der Waals surface area contributed by atoms with Gasteiger partial charge in [-0.1, -0.05) is 0 Å². The summed E-state index contributed by atoms with van der Waals surface area (Å²) in [4.78, 5) is 25.6. The number of hydrogen-bond acceptors (Lipinski definition) is 12. The fraction of sp³-hybridized carbons (Fsp3) is 0.438. The Hall–Kier alpha value is -3.39. The van der Waals surface area contributed by atoms with Gasteiger partial charge in [-0.2, -0.15) is 4.98 Å². The third kappa shape index (κ3) is 6.49. The highest BCUT2D eigenvalue weighted by Gasteiger charge is 2.29. The quantitative estimate of drug-likeness (QED) is 0.119. The topological polar surface area (TPSA) is 103 Å². The first kappa shape index (κ1) is 31.6. The van der Waals surface area contributed by atoms with E-state index in [9.17, 15) is 0 Å². The summed E-state index contributed by atoms with van der Waals surface area (Å²) < 4.78 is 8.75. The molecule has 238 valence electrons. The Morgan fingerprint density at radius 3 is 2.40 bits per heavy atom. The van der Waals surface area contributed by atoms with Crippen LogP contribution < -0.4 is 29.7 Å². The van der Waals surface area contributed by atoms with E-state index < -0.39 is 0 Å². The number of aromatic nitrogens is 4. The second-order valence-electron chi connectivity index (χ2n) is 11.9. The van der Waals surface area contributed by atoms with Crippen molar-refractivity contribution in [1.29, 1.82) is 0 Å². The van der Waals surface area contributed by atoms with Gasteiger partial charge in [-0.15, -0.1) is 0 Å². The van der Waals surface area contributed by atoms with Crippen molar-refractivity contribution in [2.75, 3.05) is 67.5 Å². The van der Waals surface area contributed by atoms with Crippen molar-refractivity contribution in [3.63, 3.8) is 0 Å². The Bertz CT molecular complexity index is 1680. The summed E-state index contributed by atoms with van der Waals surface area (Å²) in [6, 6.07) is 8.83. The maximum atomic E-state index is 6.89. The zero-order valence-corrected chi connectivity index (χ0v) is 29.1. The van der Waals surface area contributed by atoms with Crippen molar-refractivity contribution in [3.8, 4) is 5.75 Å². The summed E-state index contributed by atoms with van der Waals surface area (Å²) >= 11 is 5.46. The Morgan fingerprint density at radius 1 is 0.978 bits per heavy atom. The molecule has 45 heavy (non-hydrogen) atoms. The number of fused-ring (bicyclic) bond motifs is 1. The van der Waals surface area contributed by atoms with Gasteiger partial charge in [0.05, 0.1) is 28.5 Å². The van der Waals surface area contributed by atoms with Crippen LogP contribution >= 0.6 is 27.9 Å². The predicted octanol–water partition coefficient (Wildman–Crippen LogP) is 6.06. The molecule has 0 radical (unpaired) electrons. The molecule has 0 bridgehead atoms. The van der Waals surface area contributed by atoms with Gasteiger partial charge in [0.15, 0.2) is 5.82 Å². The number of halogens is 1. The van der Waals surface area contributed by atoms with E-state index >= 15 is 0 Å². The minimum atomic E-state index is 0.490. The Morgan fingerprint density at radius 2 is 1.71 bits per heavy atom. The van der Waals surface area contributed by atoms with Gasteiger partial charge in [0.1, 0.15) is 17.0 Å². The molecule has 2 fully saturated rings. The van der Waals surface area contributed by atoms with Gasteiger partial charge < -0.3 is 23.7 Å². The van der Waals surface area contributed by atoms with E-state index in [1.165, 1.54) is 24.1 Å². The first-order valence-corrected chi connectivity index (χ1v) is 16.8. The van der Waals surface area contributed by atoms with Gasteiger partial charge in [0.2, 0.25) is 5.95 Å². The number of nitrogens with two attached hydrogens (primary N) is 1. The molecule has 1 saturated carbocycles.